The Labute approximate surface area is 292 Å². The molecule has 13 heteroatoms. The molecule has 50 heavy (non-hydrogen) atoms. The number of likely N-dealkylation sites (N-methyl/N-ethyl adjacent to an activating group) is 1. The molecule has 2 aliphatic heterocycles. The molecule has 0 unspecified atom stereocenters. The van der Waals surface area contributed by atoms with Gasteiger partial charge in [0.15, 0.2) is 11.5 Å². The number of nitrogens with one attached hydrogen (secondary N) is 3. The standard InChI is InChI=1S/C37H47N5O8/c1-24-20-42(25(2)22-43)35(44)30-18-28(39-36(45)38-27-11-6-5-7-12-27)13-15-31(30)50-26(3)10-8-9-17-47-34(24)21-41(4)37(46)40-29-14-16-32-33(19-29)49-23-48-32/h5-7,11-16,18-19,24-26,34,43H,8-10,17,20-23H2,1-4H3,(H,40,46)(H2,38,39,45)/t24-,25+,26+,34+/m0/s1. The van der Waals surface area contributed by atoms with Crippen molar-refractivity contribution < 1.29 is 38.4 Å². The molecular formula is C37H47N5O8. The van der Waals surface area contributed by atoms with Crippen LogP contribution < -0.4 is 30.2 Å². The fourth-order valence-corrected chi connectivity index (χ4v) is 5.82. The molecule has 3 aromatic carbocycles. The summed E-state index contributed by atoms with van der Waals surface area (Å²) in [5.41, 5.74) is 1.86. The SMILES string of the molecule is C[C@@H]1CCCCO[C@H](CN(C)C(=O)Nc2ccc3c(c2)OCO3)[C@@H](C)CN([C@H](C)CO)C(=O)c2cc(NC(=O)Nc3ccccc3)ccc2O1. The van der Waals surface area contributed by atoms with E-state index in [0.29, 0.717) is 40.9 Å². The van der Waals surface area contributed by atoms with Gasteiger partial charge in [-0.2, -0.15) is 0 Å². The molecule has 4 N–H and O–H groups in total. The molecule has 0 saturated carbocycles. The molecule has 0 saturated heterocycles. The zero-order valence-corrected chi connectivity index (χ0v) is 29.0. The third-order valence-corrected chi connectivity index (χ3v) is 8.77. The maximum Gasteiger partial charge on any atom is 0.323 e. The molecule has 268 valence electrons. The Bertz CT molecular complexity index is 1620. The van der Waals surface area contributed by atoms with Gasteiger partial charge in [0.1, 0.15) is 5.75 Å². The number of hydrogen-bond acceptors (Lipinski definition) is 8. The molecule has 0 spiro atoms. The van der Waals surface area contributed by atoms with Crippen molar-refractivity contribution in [2.45, 2.75) is 58.3 Å². The van der Waals surface area contributed by atoms with E-state index in [1.165, 1.54) is 0 Å². The van der Waals surface area contributed by atoms with Crippen LogP contribution >= 0.6 is 0 Å². The number of urea groups is 2. The first kappa shape index (κ1) is 36.3. The van der Waals surface area contributed by atoms with Crippen molar-refractivity contribution in [2.75, 3.05) is 56.1 Å². The lowest BCUT2D eigenvalue weighted by Gasteiger charge is -2.35. The van der Waals surface area contributed by atoms with Gasteiger partial charge in [-0.25, -0.2) is 9.59 Å². The lowest BCUT2D eigenvalue weighted by Crippen LogP contribution is -2.48. The number of anilines is 3. The third-order valence-electron chi connectivity index (χ3n) is 8.77. The van der Waals surface area contributed by atoms with Crippen molar-refractivity contribution >= 4 is 35.0 Å². The van der Waals surface area contributed by atoms with Gasteiger partial charge in [0.25, 0.3) is 5.91 Å². The summed E-state index contributed by atoms with van der Waals surface area (Å²) in [6, 6.07) is 17.9. The number of amides is 5. The van der Waals surface area contributed by atoms with Crippen molar-refractivity contribution in [1.29, 1.82) is 0 Å². The summed E-state index contributed by atoms with van der Waals surface area (Å²) in [4.78, 5) is 43.6. The number of hydrogen-bond donors (Lipinski definition) is 4. The highest BCUT2D eigenvalue weighted by atomic mass is 16.7. The van der Waals surface area contributed by atoms with E-state index in [0.717, 1.165) is 19.3 Å². The van der Waals surface area contributed by atoms with Crippen LogP contribution in [0.15, 0.2) is 66.7 Å². The average molecular weight is 690 g/mol. The predicted molar refractivity (Wildman–Crippen MR) is 190 cm³/mol. The number of nitrogens with zero attached hydrogens (tertiary/aromatic N) is 2. The summed E-state index contributed by atoms with van der Waals surface area (Å²) < 4.78 is 23.5. The van der Waals surface area contributed by atoms with Crippen LogP contribution in [0.25, 0.3) is 0 Å². The molecule has 0 fully saturated rings. The highest BCUT2D eigenvalue weighted by molar-refractivity contribution is 6.02. The molecular weight excluding hydrogens is 642 g/mol. The van der Waals surface area contributed by atoms with Crippen LogP contribution in [0.4, 0.5) is 26.7 Å². The number of aliphatic hydroxyl groups is 1. The maximum atomic E-state index is 14.4. The Balaban J connectivity index is 1.35. The van der Waals surface area contributed by atoms with Crippen molar-refractivity contribution in [3.8, 4) is 17.2 Å². The first-order valence-corrected chi connectivity index (χ1v) is 17.0. The summed E-state index contributed by atoms with van der Waals surface area (Å²) in [5, 5.41) is 18.7. The minimum Gasteiger partial charge on any atom is -0.490 e. The molecule has 4 atom stereocenters. The second-order valence-corrected chi connectivity index (χ2v) is 12.8. The van der Waals surface area contributed by atoms with E-state index >= 15 is 0 Å². The average Bonchev–Trinajstić information content (AvgIpc) is 3.58. The molecule has 5 amide bonds. The second kappa shape index (κ2) is 17.1. The van der Waals surface area contributed by atoms with Crippen molar-refractivity contribution in [3.63, 3.8) is 0 Å². The summed E-state index contributed by atoms with van der Waals surface area (Å²) >= 11 is 0. The Kier molecular flexibility index (Phi) is 12.4. The van der Waals surface area contributed by atoms with Gasteiger partial charge in [-0.3, -0.25) is 4.79 Å². The molecule has 0 bridgehead atoms. The number of benzene rings is 3. The summed E-state index contributed by atoms with van der Waals surface area (Å²) in [6.45, 7) is 6.51. The van der Waals surface area contributed by atoms with Crippen LogP contribution in [-0.4, -0.2) is 91.3 Å². The van der Waals surface area contributed by atoms with Gasteiger partial charge in [-0.15, -0.1) is 0 Å². The smallest absolute Gasteiger partial charge is 0.323 e. The first-order chi connectivity index (χ1) is 24.1. The van der Waals surface area contributed by atoms with Crippen molar-refractivity contribution in [1.82, 2.24) is 9.80 Å². The largest absolute Gasteiger partial charge is 0.490 e. The predicted octanol–water partition coefficient (Wildman–Crippen LogP) is 6.02. The fraction of sp³-hybridized carbons (Fsp3) is 0.432. The zero-order valence-electron chi connectivity index (χ0n) is 29.0. The molecule has 0 aromatic heterocycles. The second-order valence-electron chi connectivity index (χ2n) is 12.8. The topological polar surface area (TPSA) is 151 Å². The van der Waals surface area contributed by atoms with E-state index in [4.69, 9.17) is 18.9 Å². The highest BCUT2D eigenvalue weighted by Crippen LogP contribution is 2.34. The van der Waals surface area contributed by atoms with Crippen LogP contribution in [0.2, 0.25) is 0 Å². The number of fused-ring (bicyclic) bond motifs is 2. The lowest BCUT2D eigenvalue weighted by molar-refractivity contribution is -0.0115. The van der Waals surface area contributed by atoms with E-state index in [9.17, 15) is 19.5 Å². The Morgan fingerprint density at radius 2 is 1.62 bits per heavy atom. The monoisotopic (exact) mass is 689 g/mol. The van der Waals surface area contributed by atoms with Gasteiger partial charge >= 0.3 is 12.1 Å². The molecule has 0 radical (unpaired) electrons. The van der Waals surface area contributed by atoms with Gasteiger partial charge in [0.05, 0.1) is 30.4 Å². The number of rotatable bonds is 7. The molecule has 5 rings (SSSR count). The van der Waals surface area contributed by atoms with Gasteiger partial charge in [-0.1, -0.05) is 25.1 Å². The van der Waals surface area contributed by atoms with Gasteiger partial charge < -0.3 is 49.8 Å². The van der Waals surface area contributed by atoms with Crippen LogP contribution in [0.5, 0.6) is 17.2 Å². The van der Waals surface area contributed by atoms with E-state index in [1.807, 2.05) is 32.0 Å². The number of carbonyl (C=O) groups excluding carboxylic acids is 3. The summed E-state index contributed by atoms with van der Waals surface area (Å²) in [7, 11) is 1.70. The molecule has 2 heterocycles. The minimum absolute atomic E-state index is 0.138. The van der Waals surface area contributed by atoms with Crippen LogP contribution in [0, 0.1) is 5.92 Å². The maximum absolute atomic E-state index is 14.4. The third kappa shape index (κ3) is 9.57. The van der Waals surface area contributed by atoms with E-state index < -0.39 is 18.2 Å². The lowest BCUT2D eigenvalue weighted by atomic mass is 10.0. The number of aliphatic hydroxyl groups excluding tert-OH is 1. The summed E-state index contributed by atoms with van der Waals surface area (Å²) in [5.74, 6) is 0.981. The quantitative estimate of drug-likeness (QED) is 0.235. The molecule has 13 nitrogen and oxygen atoms in total. The first-order valence-electron chi connectivity index (χ1n) is 17.0. The zero-order chi connectivity index (χ0) is 35.6. The van der Waals surface area contributed by atoms with Gasteiger partial charge in [-0.05, 0) is 75.6 Å². The van der Waals surface area contributed by atoms with E-state index in [-0.39, 0.29) is 56.0 Å². The fourth-order valence-electron chi connectivity index (χ4n) is 5.82. The number of ether oxygens (including phenoxy) is 4. The minimum atomic E-state index is -0.547. The normalized spacial score (nSPS) is 20.1. The van der Waals surface area contributed by atoms with Crippen molar-refractivity contribution in [3.05, 3.63) is 72.3 Å². The van der Waals surface area contributed by atoms with Crippen LogP contribution in [0.3, 0.4) is 0 Å². The molecule has 0 aliphatic carbocycles. The van der Waals surface area contributed by atoms with Gasteiger partial charge in [0, 0.05) is 55.8 Å². The molecule has 3 aromatic rings. The van der Waals surface area contributed by atoms with Crippen molar-refractivity contribution in [2.24, 2.45) is 5.92 Å². The number of carbonyl (C=O) groups is 3. The van der Waals surface area contributed by atoms with Crippen LogP contribution in [0.1, 0.15) is 50.4 Å². The Morgan fingerprint density at radius 3 is 2.38 bits per heavy atom. The highest BCUT2D eigenvalue weighted by Gasteiger charge is 2.31. The van der Waals surface area contributed by atoms with Crippen LogP contribution in [-0.2, 0) is 4.74 Å². The Hall–Kier alpha value is -5.01. The van der Waals surface area contributed by atoms with Gasteiger partial charge in [0.2, 0.25) is 6.79 Å². The number of para-hydroxylation sites is 1. The molecule has 2 aliphatic rings. The summed E-state index contributed by atoms with van der Waals surface area (Å²) in [6.07, 6.45) is 1.72. The Morgan fingerprint density at radius 1 is 0.920 bits per heavy atom. The van der Waals surface area contributed by atoms with E-state index in [1.54, 1.807) is 72.3 Å². The van der Waals surface area contributed by atoms with E-state index in [2.05, 4.69) is 16.0 Å².